The van der Waals surface area contributed by atoms with Crippen LogP contribution >= 0.6 is 12.4 Å². The lowest BCUT2D eigenvalue weighted by Gasteiger charge is -2.06. The van der Waals surface area contributed by atoms with Crippen molar-refractivity contribution in [2.75, 3.05) is 20.1 Å². The maximum atomic E-state index is 11.5. The summed E-state index contributed by atoms with van der Waals surface area (Å²) in [6.45, 7) is 1.42. The molecule has 0 aliphatic rings. The van der Waals surface area contributed by atoms with Crippen molar-refractivity contribution in [1.29, 1.82) is 0 Å². The van der Waals surface area contributed by atoms with E-state index in [1.54, 1.807) is 0 Å². The molecule has 0 aliphatic heterocycles. The molecule has 4 heteroatoms. The van der Waals surface area contributed by atoms with Crippen LogP contribution in [0.4, 0.5) is 0 Å². The van der Waals surface area contributed by atoms with Gasteiger partial charge in [-0.15, -0.1) is 12.4 Å². The van der Waals surface area contributed by atoms with Gasteiger partial charge in [0.2, 0.25) is 5.91 Å². The Labute approximate surface area is 126 Å². The summed E-state index contributed by atoms with van der Waals surface area (Å²) in [6, 6.07) is 14.8. The second kappa shape index (κ2) is 8.56. The molecule has 108 valence electrons. The molecular formula is C16H21ClN2O. The molecule has 0 saturated carbocycles. The molecule has 0 saturated heterocycles. The maximum Gasteiger partial charge on any atom is 0.221 e. The highest BCUT2D eigenvalue weighted by atomic mass is 35.5. The van der Waals surface area contributed by atoms with E-state index in [1.807, 2.05) is 19.2 Å². The molecule has 0 fully saturated rings. The van der Waals surface area contributed by atoms with E-state index >= 15 is 0 Å². The zero-order valence-electron chi connectivity index (χ0n) is 11.7. The molecular weight excluding hydrogens is 272 g/mol. The molecule has 0 atom stereocenters. The molecule has 2 aromatic rings. The summed E-state index contributed by atoms with van der Waals surface area (Å²) in [4.78, 5) is 11.5. The van der Waals surface area contributed by atoms with E-state index in [2.05, 4.69) is 41.0 Å². The first-order valence-corrected chi connectivity index (χ1v) is 6.68. The fourth-order valence-electron chi connectivity index (χ4n) is 2.07. The topological polar surface area (TPSA) is 41.1 Å². The molecule has 0 aliphatic carbocycles. The quantitative estimate of drug-likeness (QED) is 0.859. The normalized spacial score (nSPS) is 10.1. The van der Waals surface area contributed by atoms with E-state index in [0.717, 1.165) is 13.0 Å². The van der Waals surface area contributed by atoms with Crippen LogP contribution in [0, 0.1) is 0 Å². The van der Waals surface area contributed by atoms with Gasteiger partial charge in [0.25, 0.3) is 0 Å². The van der Waals surface area contributed by atoms with Crippen molar-refractivity contribution in [2.24, 2.45) is 0 Å². The third-order valence-corrected chi connectivity index (χ3v) is 3.15. The second-order valence-corrected chi connectivity index (χ2v) is 4.64. The van der Waals surface area contributed by atoms with Gasteiger partial charge in [-0.1, -0.05) is 42.5 Å². The van der Waals surface area contributed by atoms with Crippen LogP contribution in [0.5, 0.6) is 0 Å². The van der Waals surface area contributed by atoms with Crippen molar-refractivity contribution in [3.8, 4) is 0 Å². The summed E-state index contributed by atoms with van der Waals surface area (Å²) in [7, 11) is 1.85. The van der Waals surface area contributed by atoms with Crippen molar-refractivity contribution >= 4 is 29.1 Å². The average Bonchev–Trinajstić information content (AvgIpc) is 2.45. The number of benzene rings is 2. The highest BCUT2D eigenvalue weighted by Gasteiger charge is 2.00. The van der Waals surface area contributed by atoms with Gasteiger partial charge in [0.05, 0.1) is 0 Å². The Balaban J connectivity index is 0.00000200. The predicted octanol–water partition coefficient (Wildman–Crippen LogP) is 2.53. The second-order valence-electron chi connectivity index (χ2n) is 4.64. The van der Waals surface area contributed by atoms with Gasteiger partial charge in [0.1, 0.15) is 0 Å². The van der Waals surface area contributed by atoms with E-state index in [9.17, 15) is 4.79 Å². The Hall–Kier alpha value is -1.58. The SMILES string of the molecule is CNCCC(=O)NCCc1ccc2ccccc2c1.Cl. The zero-order chi connectivity index (χ0) is 13.5. The molecule has 20 heavy (non-hydrogen) atoms. The minimum absolute atomic E-state index is 0. The molecule has 3 nitrogen and oxygen atoms in total. The molecule has 0 unspecified atom stereocenters. The van der Waals surface area contributed by atoms with Gasteiger partial charge in [-0.2, -0.15) is 0 Å². The number of carbonyl (C=O) groups is 1. The molecule has 2 N–H and O–H groups in total. The third kappa shape index (κ3) is 4.83. The molecule has 0 spiro atoms. The van der Waals surface area contributed by atoms with Gasteiger partial charge in [0.15, 0.2) is 0 Å². The standard InChI is InChI=1S/C16H20N2O.ClH/c1-17-10-9-16(19)18-11-8-13-6-7-14-4-2-3-5-15(14)12-13;/h2-7,12,17H,8-11H2,1H3,(H,18,19);1H. The smallest absolute Gasteiger partial charge is 0.221 e. The van der Waals surface area contributed by atoms with E-state index in [-0.39, 0.29) is 18.3 Å². The summed E-state index contributed by atoms with van der Waals surface area (Å²) in [5.41, 5.74) is 1.26. The number of hydrogen-bond acceptors (Lipinski definition) is 2. The van der Waals surface area contributed by atoms with Gasteiger partial charge in [0, 0.05) is 19.5 Å². The minimum Gasteiger partial charge on any atom is -0.356 e. The fourth-order valence-corrected chi connectivity index (χ4v) is 2.07. The predicted molar refractivity (Wildman–Crippen MR) is 86.5 cm³/mol. The van der Waals surface area contributed by atoms with Crippen LogP contribution in [0.3, 0.4) is 0 Å². The van der Waals surface area contributed by atoms with Gasteiger partial charge in [-0.25, -0.2) is 0 Å². The van der Waals surface area contributed by atoms with Gasteiger partial charge in [-0.05, 0) is 29.8 Å². The molecule has 0 bridgehead atoms. The largest absolute Gasteiger partial charge is 0.356 e. The first-order chi connectivity index (χ1) is 9.29. The fraction of sp³-hybridized carbons (Fsp3) is 0.312. The Morgan fingerprint density at radius 3 is 2.55 bits per heavy atom. The van der Waals surface area contributed by atoms with Crippen molar-refractivity contribution in [1.82, 2.24) is 10.6 Å². The summed E-state index contributed by atoms with van der Waals surface area (Å²) in [6.07, 6.45) is 1.41. The van der Waals surface area contributed by atoms with E-state index < -0.39 is 0 Å². The Morgan fingerprint density at radius 2 is 1.80 bits per heavy atom. The molecule has 1 amide bonds. The number of rotatable bonds is 6. The number of carbonyl (C=O) groups excluding carboxylic acids is 1. The lowest BCUT2D eigenvalue weighted by molar-refractivity contribution is -0.120. The first-order valence-electron chi connectivity index (χ1n) is 6.68. The average molecular weight is 293 g/mol. The lowest BCUT2D eigenvalue weighted by atomic mass is 10.1. The summed E-state index contributed by atoms with van der Waals surface area (Å²) in [5.74, 6) is 0.107. The molecule has 0 heterocycles. The molecule has 0 radical (unpaired) electrons. The summed E-state index contributed by atoms with van der Waals surface area (Å²) < 4.78 is 0. The van der Waals surface area contributed by atoms with Crippen LogP contribution in [0.2, 0.25) is 0 Å². The number of hydrogen-bond donors (Lipinski definition) is 2. The van der Waals surface area contributed by atoms with E-state index in [0.29, 0.717) is 13.0 Å². The summed E-state index contributed by atoms with van der Waals surface area (Å²) >= 11 is 0. The number of amides is 1. The highest BCUT2D eigenvalue weighted by Crippen LogP contribution is 2.15. The van der Waals surface area contributed by atoms with Gasteiger partial charge >= 0.3 is 0 Å². The van der Waals surface area contributed by atoms with Crippen LogP contribution in [-0.2, 0) is 11.2 Å². The first kappa shape index (κ1) is 16.5. The van der Waals surface area contributed by atoms with Gasteiger partial charge in [-0.3, -0.25) is 4.79 Å². The molecule has 0 aromatic heterocycles. The highest BCUT2D eigenvalue weighted by molar-refractivity contribution is 5.85. The molecule has 2 rings (SSSR count). The van der Waals surface area contributed by atoms with E-state index in [1.165, 1.54) is 16.3 Å². The van der Waals surface area contributed by atoms with Crippen molar-refractivity contribution in [3.63, 3.8) is 0 Å². The zero-order valence-corrected chi connectivity index (χ0v) is 12.5. The number of fused-ring (bicyclic) bond motifs is 1. The van der Waals surface area contributed by atoms with Crippen LogP contribution in [0.15, 0.2) is 42.5 Å². The number of halogens is 1. The maximum absolute atomic E-state index is 11.5. The monoisotopic (exact) mass is 292 g/mol. The lowest BCUT2D eigenvalue weighted by Crippen LogP contribution is -2.28. The van der Waals surface area contributed by atoms with Crippen LogP contribution < -0.4 is 10.6 Å². The number of nitrogens with one attached hydrogen (secondary N) is 2. The Morgan fingerprint density at radius 1 is 1.05 bits per heavy atom. The van der Waals surface area contributed by atoms with Gasteiger partial charge < -0.3 is 10.6 Å². The Bertz CT molecular complexity index is 557. The van der Waals surface area contributed by atoms with Crippen molar-refractivity contribution < 1.29 is 4.79 Å². The van der Waals surface area contributed by atoms with Crippen LogP contribution in [-0.4, -0.2) is 26.0 Å². The van der Waals surface area contributed by atoms with Crippen molar-refractivity contribution in [2.45, 2.75) is 12.8 Å². The minimum atomic E-state index is 0. The van der Waals surface area contributed by atoms with E-state index in [4.69, 9.17) is 0 Å². The third-order valence-electron chi connectivity index (χ3n) is 3.15. The summed E-state index contributed by atoms with van der Waals surface area (Å²) in [5, 5.41) is 8.41. The van der Waals surface area contributed by atoms with Crippen LogP contribution in [0.25, 0.3) is 10.8 Å². The Kier molecular flexibility index (Phi) is 7.05. The molecule has 2 aromatic carbocycles. The van der Waals surface area contributed by atoms with Crippen LogP contribution in [0.1, 0.15) is 12.0 Å². The van der Waals surface area contributed by atoms with Crippen molar-refractivity contribution in [3.05, 3.63) is 48.0 Å².